The number of nitrogens with zero attached hydrogens (tertiary/aromatic N) is 4. The molecule has 0 unspecified atom stereocenters. The van der Waals surface area contributed by atoms with Crippen molar-refractivity contribution in [1.82, 2.24) is 24.5 Å². The van der Waals surface area contributed by atoms with E-state index in [1.165, 1.54) is 30.6 Å². The van der Waals surface area contributed by atoms with Gasteiger partial charge in [0.15, 0.2) is 0 Å². The van der Waals surface area contributed by atoms with Gasteiger partial charge in [0.25, 0.3) is 5.56 Å². The molecule has 7 nitrogen and oxygen atoms in total. The van der Waals surface area contributed by atoms with Crippen molar-refractivity contribution in [3.8, 4) is 0 Å². The zero-order chi connectivity index (χ0) is 20.4. The summed E-state index contributed by atoms with van der Waals surface area (Å²) in [4.78, 5) is 25.2. The van der Waals surface area contributed by atoms with E-state index >= 15 is 0 Å². The maximum absolute atomic E-state index is 12.8. The third kappa shape index (κ3) is 3.95. The Labute approximate surface area is 174 Å². The van der Waals surface area contributed by atoms with Crippen LogP contribution < -0.4 is 10.9 Å². The number of carbonyl (C=O) groups excluding carboxylic acids is 1. The van der Waals surface area contributed by atoms with Gasteiger partial charge in [0.1, 0.15) is 10.5 Å². The Bertz CT molecular complexity index is 1070. The van der Waals surface area contributed by atoms with Crippen molar-refractivity contribution in [2.24, 2.45) is 5.92 Å². The molecule has 156 valence electrons. The molecule has 1 saturated carbocycles. The van der Waals surface area contributed by atoms with Crippen molar-refractivity contribution in [3.63, 3.8) is 0 Å². The van der Waals surface area contributed by atoms with Crippen molar-refractivity contribution in [3.05, 3.63) is 27.6 Å². The number of thiophene rings is 1. The second-order valence-electron chi connectivity index (χ2n) is 8.13. The van der Waals surface area contributed by atoms with Crippen LogP contribution in [0.5, 0.6) is 0 Å². The normalized spacial score (nSPS) is 19.8. The maximum atomic E-state index is 12.8. The molecule has 1 aliphatic rings. The lowest BCUT2D eigenvalue weighted by Gasteiger charge is -2.29. The van der Waals surface area contributed by atoms with Crippen LogP contribution in [0.1, 0.15) is 64.6 Å². The van der Waals surface area contributed by atoms with Crippen molar-refractivity contribution >= 4 is 33.2 Å². The van der Waals surface area contributed by atoms with E-state index in [0.29, 0.717) is 43.5 Å². The molecule has 3 aromatic heterocycles. The topological polar surface area (TPSA) is 81.3 Å². The first-order chi connectivity index (χ1) is 14.1. The van der Waals surface area contributed by atoms with Gasteiger partial charge in [-0.25, -0.2) is 0 Å². The van der Waals surface area contributed by atoms with Crippen molar-refractivity contribution in [1.29, 1.82) is 0 Å². The molecule has 3 aromatic rings. The Morgan fingerprint density at radius 2 is 2.14 bits per heavy atom. The minimum Gasteiger partial charge on any atom is -0.353 e. The van der Waals surface area contributed by atoms with Crippen LogP contribution in [0.25, 0.3) is 16.0 Å². The van der Waals surface area contributed by atoms with Crippen LogP contribution in [-0.2, 0) is 17.8 Å². The highest BCUT2D eigenvalue weighted by molar-refractivity contribution is 7.17. The highest BCUT2D eigenvalue weighted by atomic mass is 32.1. The van der Waals surface area contributed by atoms with Gasteiger partial charge in [-0.1, -0.05) is 26.7 Å². The Balaban J connectivity index is 1.49. The summed E-state index contributed by atoms with van der Waals surface area (Å²) in [6.07, 6.45) is 7.48. The average Bonchev–Trinajstić information content (AvgIpc) is 3.34. The molecule has 29 heavy (non-hydrogen) atoms. The monoisotopic (exact) mass is 415 g/mol. The summed E-state index contributed by atoms with van der Waals surface area (Å²) >= 11 is 1.46. The molecule has 0 spiro atoms. The molecular formula is C21H29N5O2S. The van der Waals surface area contributed by atoms with E-state index in [9.17, 15) is 9.59 Å². The van der Waals surface area contributed by atoms with Crippen molar-refractivity contribution in [2.75, 3.05) is 0 Å². The quantitative estimate of drug-likeness (QED) is 0.640. The van der Waals surface area contributed by atoms with Gasteiger partial charge in [-0.05, 0) is 43.0 Å². The Morgan fingerprint density at radius 3 is 2.93 bits per heavy atom. The number of aromatic nitrogens is 4. The first-order valence-corrected chi connectivity index (χ1v) is 11.6. The fourth-order valence-electron chi connectivity index (χ4n) is 4.38. The summed E-state index contributed by atoms with van der Waals surface area (Å²) < 4.78 is 4.44. The van der Waals surface area contributed by atoms with E-state index < -0.39 is 0 Å². The average molecular weight is 416 g/mol. The van der Waals surface area contributed by atoms with Crippen LogP contribution in [-0.4, -0.2) is 31.1 Å². The summed E-state index contributed by atoms with van der Waals surface area (Å²) in [6, 6.07) is 2.27. The molecule has 1 N–H and O–H groups in total. The zero-order valence-corrected chi connectivity index (χ0v) is 18.0. The molecule has 3 heterocycles. The highest BCUT2D eigenvalue weighted by Crippen LogP contribution is 2.24. The number of fused-ring (bicyclic) bond motifs is 3. The summed E-state index contributed by atoms with van der Waals surface area (Å²) in [5.74, 6) is 2.10. The number of aryl methyl sites for hydroxylation is 2. The predicted octanol–water partition coefficient (Wildman–Crippen LogP) is 3.53. The van der Waals surface area contributed by atoms with Crippen LogP contribution in [0.15, 0.2) is 16.2 Å². The molecule has 4 rings (SSSR count). The molecule has 0 radical (unpaired) electrons. The molecule has 1 fully saturated rings. The molecule has 2 atom stereocenters. The maximum Gasteiger partial charge on any atom is 0.272 e. The molecule has 8 heteroatoms. The zero-order valence-electron chi connectivity index (χ0n) is 17.2. The molecule has 0 aliphatic heterocycles. The lowest BCUT2D eigenvalue weighted by Crippen LogP contribution is -2.40. The van der Waals surface area contributed by atoms with Crippen LogP contribution >= 0.6 is 11.3 Å². The Hall–Kier alpha value is -2.22. The third-order valence-electron chi connectivity index (χ3n) is 5.99. The second-order valence-corrected chi connectivity index (χ2v) is 9.05. The summed E-state index contributed by atoms with van der Waals surface area (Å²) in [5.41, 5.74) is 0.868. The van der Waals surface area contributed by atoms with Gasteiger partial charge < -0.3 is 5.32 Å². The fourth-order valence-corrected chi connectivity index (χ4v) is 5.21. The number of carbonyl (C=O) groups is 1. The van der Waals surface area contributed by atoms with Gasteiger partial charge in [0.2, 0.25) is 11.7 Å². The van der Waals surface area contributed by atoms with E-state index in [4.69, 9.17) is 0 Å². The first-order valence-electron chi connectivity index (χ1n) is 10.7. The number of rotatable bonds is 7. The molecular weight excluding hydrogens is 386 g/mol. The van der Waals surface area contributed by atoms with Gasteiger partial charge in [-0.15, -0.1) is 21.5 Å². The van der Waals surface area contributed by atoms with E-state index in [0.717, 1.165) is 28.9 Å². The SMILES string of the molecule is CCCn1c(=O)c2sccc2n2c(CCCC(=O)N[C@H]3CCCC[C@H]3C)nnc12. The van der Waals surface area contributed by atoms with Crippen molar-refractivity contribution < 1.29 is 4.79 Å². The largest absolute Gasteiger partial charge is 0.353 e. The minimum absolute atomic E-state index is 0.00396. The van der Waals surface area contributed by atoms with E-state index in [-0.39, 0.29) is 11.5 Å². The van der Waals surface area contributed by atoms with Crippen molar-refractivity contribution in [2.45, 2.75) is 77.8 Å². The molecule has 0 aromatic carbocycles. The van der Waals surface area contributed by atoms with E-state index in [1.54, 1.807) is 4.57 Å². The standard InChI is InChI=1S/C21H29N5O2S/c1-3-12-25-20(28)19-16(11-13-29-19)26-17(23-24-21(25)26)9-6-10-18(27)22-15-8-5-4-7-14(15)2/h11,13-15H,3-10,12H2,1-2H3,(H,22,27)/t14-,15+/m1/s1. The van der Waals surface area contributed by atoms with E-state index in [1.807, 2.05) is 22.8 Å². The second kappa shape index (κ2) is 8.65. The third-order valence-corrected chi connectivity index (χ3v) is 6.88. The van der Waals surface area contributed by atoms with Gasteiger partial charge in [-0.3, -0.25) is 18.6 Å². The van der Waals surface area contributed by atoms with Gasteiger partial charge >= 0.3 is 0 Å². The Morgan fingerprint density at radius 1 is 1.31 bits per heavy atom. The van der Waals surface area contributed by atoms with Gasteiger partial charge in [-0.2, -0.15) is 0 Å². The summed E-state index contributed by atoms with van der Waals surface area (Å²) in [5, 5.41) is 13.8. The molecule has 0 bridgehead atoms. The summed E-state index contributed by atoms with van der Waals surface area (Å²) in [6.45, 7) is 4.90. The van der Waals surface area contributed by atoms with Crippen LogP contribution in [0.4, 0.5) is 0 Å². The molecule has 1 amide bonds. The van der Waals surface area contributed by atoms with Gasteiger partial charge in [0, 0.05) is 25.4 Å². The van der Waals surface area contributed by atoms with E-state index in [2.05, 4.69) is 22.4 Å². The van der Waals surface area contributed by atoms with Gasteiger partial charge in [0.05, 0.1) is 5.52 Å². The van der Waals surface area contributed by atoms with Crippen LogP contribution in [0.2, 0.25) is 0 Å². The minimum atomic E-state index is 0.00396. The van der Waals surface area contributed by atoms with Crippen LogP contribution in [0.3, 0.4) is 0 Å². The Kier molecular flexibility index (Phi) is 5.99. The lowest BCUT2D eigenvalue weighted by molar-refractivity contribution is -0.122. The summed E-state index contributed by atoms with van der Waals surface area (Å²) in [7, 11) is 0. The molecule has 0 saturated heterocycles. The highest BCUT2D eigenvalue weighted by Gasteiger charge is 2.23. The first kappa shape index (κ1) is 20.1. The lowest BCUT2D eigenvalue weighted by atomic mass is 9.86. The fraction of sp³-hybridized carbons (Fsp3) is 0.619. The number of amides is 1. The number of nitrogens with one attached hydrogen (secondary N) is 1. The number of hydrogen-bond donors (Lipinski definition) is 1. The number of hydrogen-bond acceptors (Lipinski definition) is 5. The van der Waals surface area contributed by atoms with Crippen LogP contribution in [0, 0.1) is 5.92 Å². The smallest absolute Gasteiger partial charge is 0.272 e. The molecule has 1 aliphatic carbocycles. The predicted molar refractivity (Wildman–Crippen MR) is 115 cm³/mol.